The van der Waals surface area contributed by atoms with E-state index in [-0.39, 0.29) is 0 Å². The van der Waals surface area contributed by atoms with Crippen molar-refractivity contribution in [3.8, 4) is 0 Å². The SMILES string of the molecule is CCCCCN=[N+]=N. The zero-order valence-electron chi connectivity index (χ0n) is 5.22. The largest absolute Gasteiger partial charge is 0.214 e. The fraction of sp³-hybridized carbons (Fsp3) is 1.00. The van der Waals surface area contributed by atoms with E-state index in [2.05, 4.69) is 16.9 Å². The molecule has 0 fully saturated rings. The van der Waals surface area contributed by atoms with E-state index in [1.165, 1.54) is 12.8 Å². The number of nitrogens with zero attached hydrogens (tertiary/aromatic N) is 2. The number of unbranched alkanes of at least 4 members (excludes halogenated alkanes) is 2. The minimum atomic E-state index is 0.720. The Kier molecular flexibility index (Phi) is 5.77. The van der Waals surface area contributed by atoms with Crippen LogP contribution in [0.3, 0.4) is 0 Å². The van der Waals surface area contributed by atoms with Crippen molar-refractivity contribution in [1.29, 1.82) is 5.53 Å². The topological polar surface area (TPSA) is 50.3 Å². The van der Waals surface area contributed by atoms with Crippen LogP contribution in [0.25, 0.3) is 0 Å². The monoisotopic (exact) mass is 114 g/mol. The summed E-state index contributed by atoms with van der Waals surface area (Å²) in [5.41, 5.74) is 6.30. The minimum absolute atomic E-state index is 0.720. The lowest BCUT2D eigenvalue weighted by Gasteiger charge is -1.83. The molecule has 1 N–H and O–H groups in total. The van der Waals surface area contributed by atoms with E-state index in [1.807, 2.05) is 0 Å². The Morgan fingerprint density at radius 2 is 2.25 bits per heavy atom. The van der Waals surface area contributed by atoms with E-state index in [1.54, 1.807) is 0 Å². The summed E-state index contributed by atoms with van der Waals surface area (Å²) >= 11 is 0. The van der Waals surface area contributed by atoms with E-state index in [0.29, 0.717) is 0 Å². The highest BCUT2D eigenvalue weighted by atomic mass is 15.1. The van der Waals surface area contributed by atoms with Gasteiger partial charge >= 0.3 is 0 Å². The molecule has 0 atom stereocenters. The smallest absolute Gasteiger partial charge is 0.0654 e. The average Bonchev–Trinajstić information content (AvgIpc) is 1.81. The molecule has 0 rings (SSSR count). The summed E-state index contributed by atoms with van der Waals surface area (Å²) in [5.74, 6) is 0. The van der Waals surface area contributed by atoms with Gasteiger partial charge in [-0.15, -0.1) is 0 Å². The van der Waals surface area contributed by atoms with Crippen molar-refractivity contribution < 1.29 is 0 Å². The van der Waals surface area contributed by atoms with Crippen LogP contribution < -0.4 is 4.91 Å². The summed E-state index contributed by atoms with van der Waals surface area (Å²) in [6, 6.07) is 0. The summed E-state index contributed by atoms with van der Waals surface area (Å²) in [6.45, 7) is 2.86. The molecule has 46 valence electrons. The predicted molar refractivity (Wildman–Crippen MR) is 31.7 cm³/mol. The van der Waals surface area contributed by atoms with Crippen LogP contribution in [0.15, 0.2) is 5.11 Å². The Bertz CT molecular complexity index is 83.7. The van der Waals surface area contributed by atoms with Gasteiger partial charge in [0, 0.05) is 0 Å². The molecule has 0 aliphatic heterocycles. The van der Waals surface area contributed by atoms with Gasteiger partial charge in [-0.05, 0) is 6.42 Å². The third-order valence-electron chi connectivity index (χ3n) is 0.932. The lowest BCUT2D eigenvalue weighted by atomic mass is 10.3. The van der Waals surface area contributed by atoms with Crippen molar-refractivity contribution in [3.05, 3.63) is 0 Å². The summed E-state index contributed by atoms with van der Waals surface area (Å²) < 4.78 is 0. The number of rotatable bonds is 4. The van der Waals surface area contributed by atoms with Gasteiger partial charge in [0.1, 0.15) is 17.2 Å². The highest BCUT2D eigenvalue weighted by molar-refractivity contribution is 4.37. The second kappa shape index (κ2) is 6.31. The standard InChI is InChI=1S/C5H12N3/c1-2-3-4-5-7-8-6/h6H,2-5H2,1H3/q+1. The Balaban J connectivity index is 2.82. The zero-order valence-corrected chi connectivity index (χ0v) is 5.22. The molecule has 0 aromatic heterocycles. The fourth-order valence-corrected chi connectivity index (χ4v) is 0.483. The van der Waals surface area contributed by atoms with Gasteiger partial charge in [0.25, 0.3) is 0 Å². The van der Waals surface area contributed by atoms with Crippen molar-refractivity contribution in [3.63, 3.8) is 0 Å². The molecule has 0 spiro atoms. The van der Waals surface area contributed by atoms with E-state index in [4.69, 9.17) is 5.53 Å². The van der Waals surface area contributed by atoms with Gasteiger partial charge in [-0.1, -0.05) is 19.8 Å². The van der Waals surface area contributed by atoms with Crippen LogP contribution in [0.5, 0.6) is 0 Å². The maximum atomic E-state index is 6.30. The van der Waals surface area contributed by atoms with Crippen LogP contribution in [0, 0.1) is 5.53 Å². The quantitative estimate of drug-likeness (QED) is 0.329. The molecular weight excluding hydrogens is 102 g/mol. The first-order valence-corrected chi connectivity index (χ1v) is 2.95. The lowest BCUT2D eigenvalue weighted by molar-refractivity contribution is 0.698. The first-order valence-electron chi connectivity index (χ1n) is 2.95. The first kappa shape index (κ1) is 7.31. The summed E-state index contributed by atoms with van der Waals surface area (Å²) in [6.07, 6.45) is 3.46. The van der Waals surface area contributed by atoms with Crippen molar-refractivity contribution in [2.75, 3.05) is 6.54 Å². The molecule has 0 aromatic carbocycles. The molecular formula is C5H12N3+. The van der Waals surface area contributed by atoms with Gasteiger partial charge in [0.05, 0.1) is 0 Å². The number of nitrogens with one attached hydrogen (secondary N) is 1. The molecule has 0 saturated heterocycles. The van der Waals surface area contributed by atoms with Gasteiger partial charge < -0.3 is 0 Å². The molecule has 0 radical (unpaired) electrons. The summed E-state index contributed by atoms with van der Waals surface area (Å²) in [5, 5.41) is 3.50. The third-order valence-corrected chi connectivity index (χ3v) is 0.932. The Hall–Kier alpha value is -0.690. The highest BCUT2D eigenvalue weighted by Gasteiger charge is 1.85. The van der Waals surface area contributed by atoms with Crippen molar-refractivity contribution in [2.45, 2.75) is 26.2 Å². The predicted octanol–water partition coefficient (Wildman–Crippen LogP) is 1.73. The average molecular weight is 114 g/mol. The second-order valence-electron chi connectivity index (χ2n) is 1.67. The maximum Gasteiger partial charge on any atom is 0.214 e. The van der Waals surface area contributed by atoms with Crippen molar-refractivity contribution in [2.24, 2.45) is 5.11 Å². The van der Waals surface area contributed by atoms with Gasteiger partial charge in [-0.2, -0.15) is 0 Å². The Morgan fingerprint density at radius 3 is 2.75 bits per heavy atom. The number of hydrogen-bond acceptors (Lipinski definition) is 2. The van der Waals surface area contributed by atoms with Crippen LogP contribution in [0.2, 0.25) is 0 Å². The zero-order chi connectivity index (χ0) is 6.24. The maximum absolute atomic E-state index is 6.30. The molecule has 0 unspecified atom stereocenters. The second-order valence-corrected chi connectivity index (χ2v) is 1.67. The van der Waals surface area contributed by atoms with Gasteiger partial charge in [-0.25, -0.2) is 0 Å². The van der Waals surface area contributed by atoms with Crippen LogP contribution >= 0.6 is 0 Å². The molecule has 3 nitrogen and oxygen atoms in total. The molecule has 0 bridgehead atoms. The molecule has 8 heavy (non-hydrogen) atoms. The van der Waals surface area contributed by atoms with Gasteiger partial charge in [-0.3, -0.25) is 0 Å². The van der Waals surface area contributed by atoms with E-state index in [9.17, 15) is 0 Å². The van der Waals surface area contributed by atoms with E-state index < -0.39 is 0 Å². The van der Waals surface area contributed by atoms with Crippen molar-refractivity contribution >= 4 is 0 Å². The Morgan fingerprint density at radius 1 is 1.50 bits per heavy atom. The molecule has 0 saturated carbocycles. The molecule has 0 aliphatic rings. The highest BCUT2D eigenvalue weighted by Crippen LogP contribution is 1.91. The van der Waals surface area contributed by atoms with Gasteiger partial charge in [0.15, 0.2) is 0 Å². The lowest BCUT2D eigenvalue weighted by Crippen LogP contribution is -1.78. The molecule has 0 aliphatic carbocycles. The fourth-order valence-electron chi connectivity index (χ4n) is 0.483. The van der Waals surface area contributed by atoms with Crippen LogP contribution in [-0.4, -0.2) is 6.54 Å². The van der Waals surface area contributed by atoms with E-state index >= 15 is 0 Å². The molecule has 0 aromatic rings. The molecule has 3 heteroatoms. The van der Waals surface area contributed by atoms with Crippen LogP contribution in [0.4, 0.5) is 0 Å². The molecule has 0 amide bonds. The van der Waals surface area contributed by atoms with Gasteiger partial charge in [0.2, 0.25) is 4.91 Å². The summed E-state index contributed by atoms with van der Waals surface area (Å²) in [4.78, 5) is 2.88. The Labute approximate surface area is 49.3 Å². The summed E-state index contributed by atoms with van der Waals surface area (Å²) in [7, 11) is 0. The third kappa shape index (κ3) is 5.31. The number of hydrogen-bond donors (Lipinski definition) is 1. The van der Waals surface area contributed by atoms with E-state index in [0.717, 1.165) is 13.0 Å². The van der Waals surface area contributed by atoms with Crippen LogP contribution in [-0.2, 0) is 0 Å². The van der Waals surface area contributed by atoms with Crippen LogP contribution in [0.1, 0.15) is 26.2 Å². The first-order chi connectivity index (χ1) is 3.91. The molecule has 0 heterocycles. The normalized spacial score (nSPS) is 8.12. The minimum Gasteiger partial charge on any atom is -0.0654 e. The van der Waals surface area contributed by atoms with Crippen molar-refractivity contribution in [1.82, 2.24) is 4.91 Å².